The van der Waals surface area contributed by atoms with Gasteiger partial charge in [-0.2, -0.15) is 0 Å². The third-order valence-electron chi connectivity index (χ3n) is 14.9. The Hall–Kier alpha value is -2.11. The number of aromatic nitrogens is 2. The lowest BCUT2D eigenvalue weighted by Crippen LogP contribution is -2.67. The van der Waals surface area contributed by atoms with Gasteiger partial charge in [0, 0.05) is 31.2 Å². The van der Waals surface area contributed by atoms with Crippen LogP contribution >= 0.6 is 0 Å². The Morgan fingerprint density at radius 3 is 2.36 bits per heavy atom. The number of carboxylic acid groups (broad SMARTS) is 1. The van der Waals surface area contributed by atoms with E-state index >= 15 is 0 Å². The molecule has 6 nitrogen and oxygen atoms in total. The van der Waals surface area contributed by atoms with Crippen molar-refractivity contribution in [2.75, 3.05) is 0 Å². The molecule has 0 spiro atoms. The monoisotopic (exact) mass is 578 g/mol. The Morgan fingerprint density at radius 2 is 1.69 bits per heavy atom. The van der Waals surface area contributed by atoms with Crippen molar-refractivity contribution in [1.82, 2.24) is 9.55 Å². The molecule has 1 aromatic heterocycles. The molecule has 5 aliphatic carbocycles. The van der Waals surface area contributed by atoms with Crippen LogP contribution in [0.4, 0.5) is 4.79 Å². The zero-order valence-corrected chi connectivity index (χ0v) is 27.2. The maximum absolute atomic E-state index is 12.0. The molecule has 0 saturated heterocycles. The van der Waals surface area contributed by atoms with E-state index in [4.69, 9.17) is 4.74 Å². The van der Waals surface area contributed by atoms with Crippen LogP contribution in [0.2, 0.25) is 0 Å². The normalized spacial score (nSPS) is 45.6. The first-order chi connectivity index (χ1) is 19.6. The number of hydrogen-bond donors (Lipinski definition) is 1. The van der Waals surface area contributed by atoms with Crippen LogP contribution in [0.3, 0.4) is 0 Å². The van der Waals surface area contributed by atoms with Crippen molar-refractivity contribution in [2.24, 2.45) is 56.7 Å². The van der Waals surface area contributed by atoms with E-state index in [9.17, 15) is 14.7 Å². The van der Waals surface area contributed by atoms with E-state index in [1.807, 2.05) is 0 Å². The average Bonchev–Trinajstić information content (AvgIpc) is 3.51. The predicted molar refractivity (Wildman–Crippen MR) is 164 cm³/mol. The summed E-state index contributed by atoms with van der Waals surface area (Å²) in [6, 6.07) is 0. The molecule has 1 heterocycles. The lowest BCUT2D eigenvalue weighted by molar-refractivity contribution is -0.249. The summed E-state index contributed by atoms with van der Waals surface area (Å²) in [6.45, 7) is 20.9. The summed E-state index contributed by atoms with van der Waals surface area (Å²) in [5, 5.41) is 9.85. The van der Waals surface area contributed by atoms with Gasteiger partial charge in [-0.1, -0.05) is 46.8 Å². The molecule has 0 aliphatic heterocycles. The van der Waals surface area contributed by atoms with Crippen molar-refractivity contribution < 1.29 is 19.4 Å². The zero-order valence-electron chi connectivity index (χ0n) is 27.2. The largest absolute Gasteiger partial charge is 0.464 e. The Labute approximate surface area is 253 Å². The Balaban J connectivity index is 1.36. The molecule has 6 heteroatoms. The summed E-state index contributed by atoms with van der Waals surface area (Å²) in [4.78, 5) is 28.6. The zero-order chi connectivity index (χ0) is 30.5. The fourth-order valence-electron chi connectivity index (χ4n) is 12.9. The smallest absolute Gasteiger partial charge is 0.416 e. The summed E-state index contributed by atoms with van der Waals surface area (Å²) >= 11 is 0. The fourth-order valence-corrected chi connectivity index (χ4v) is 12.9. The summed E-state index contributed by atoms with van der Waals surface area (Å²) in [5.74, 6) is 3.39. The number of esters is 1. The average molecular weight is 579 g/mol. The third kappa shape index (κ3) is 3.98. The maximum atomic E-state index is 12.0. The van der Waals surface area contributed by atoms with E-state index < -0.39 is 6.09 Å². The van der Waals surface area contributed by atoms with E-state index in [-0.39, 0.29) is 39.1 Å². The van der Waals surface area contributed by atoms with Gasteiger partial charge in [0.1, 0.15) is 11.9 Å². The van der Waals surface area contributed by atoms with Crippen LogP contribution < -0.4 is 0 Å². The van der Waals surface area contributed by atoms with Gasteiger partial charge in [-0.05, 0) is 122 Å². The van der Waals surface area contributed by atoms with Gasteiger partial charge < -0.3 is 9.84 Å². The molecule has 1 aromatic rings. The van der Waals surface area contributed by atoms with E-state index in [2.05, 4.69) is 53.1 Å². The second-order valence-electron chi connectivity index (χ2n) is 16.7. The number of carbonyl (C=O) groups excluding carboxylic acids is 1. The molecule has 0 aromatic carbocycles. The molecule has 5 aliphatic rings. The third-order valence-corrected chi connectivity index (χ3v) is 14.9. The number of rotatable bonds is 4. The summed E-state index contributed by atoms with van der Waals surface area (Å²) in [7, 11) is 0. The molecule has 0 radical (unpaired) electrons. The van der Waals surface area contributed by atoms with Gasteiger partial charge in [0.2, 0.25) is 0 Å². The standard InChI is InChI=1S/C36H54N2O4/c1-22(2)24-11-16-36(21-29-37-19-20-38(29)31(40)41)18-17-34(7)25(30(24)36)9-10-27-33(6)14-13-28(42-23(3)39)32(4,5)26(33)12-15-35(27,34)8/h19-20,24-28,30H,1,9-18,21H2,2-8H3,(H,40,41)/t24-,25+,26-,27+,28-,30+,33-,34+,35+,36+/m0/s1. The second-order valence-corrected chi connectivity index (χ2v) is 16.7. The molecule has 0 amide bonds. The van der Waals surface area contributed by atoms with Crippen LogP contribution in [0, 0.1) is 56.7 Å². The van der Waals surface area contributed by atoms with Crippen LogP contribution in [0.1, 0.15) is 118 Å². The molecule has 0 unspecified atom stereocenters. The van der Waals surface area contributed by atoms with Gasteiger partial charge in [-0.3, -0.25) is 4.79 Å². The SMILES string of the molecule is C=C(C)[C@@H]1CC[C@]2(Cc3nccn3C(=O)O)CC[C@]3(C)[C@H](CC[C@@H]4[C@@]5(C)CC[C@H](OC(C)=O)C(C)(C)[C@@H]5CC[C@]43C)[C@@H]12. The van der Waals surface area contributed by atoms with Crippen LogP contribution in [0.25, 0.3) is 0 Å². The first kappa shape index (κ1) is 29.9. The first-order valence-corrected chi connectivity index (χ1v) is 16.7. The van der Waals surface area contributed by atoms with Crippen molar-refractivity contribution >= 4 is 12.1 Å². The molecular formula is C36H54N2O4. The van der Waals surface area contributed by atoms with Crippen molar-refractivity contribution in [2.45, 2.75) is 125 Å². The minimum absolute atomic E-state index is 0.00725. The molecule has 6 rings (SSSR count). The summed E-state index contributed by atoms with van der Waals surface area (Å²) < 4.78 is 7.28. The van der Waals surface area contributed by atoms with Crippen molar-refractivity contribution in [3.63, 3.8) is 0 Å². The highest BCUT2D eigenvalue weighted by atomic mass is 16.5. The molecule has 5 fully saturated rings. The molecule has 10 atom stereocenters. The van der Waals surface area contributed by atoms with Crippen LogP contribution in [-0.4, -0.2) is 32.8 Å². The highest BCUT2D eigenvalue weighted by Crippen LogP contribution is 2.77. The summed E-state index contributed by atoms with van der Waals surface area (Å²) in [5.41, 5.74) is 2.09. The van der Waals surface area contributed by atoms with E-state index in [0.717, 1.165) is 38.5 Å². The molecule has 1 N–H and O–H groups in total. The Bertz CT molecular complexity index is 1280. The number of nitrogens with zero attached hydrogens (tertiary/aromatic N) is 2. The van der Waals surface area contributed by atoms with Gasteiger partial charge >= 0.3 is 12.1 Å². The van der Waals surface area contributed by atoms with Gasteiger partial charge in [-0.25, -0.2) is 14.3 Å². The van der Waals surface area contributed by atoms with Crippen LogP contribution in [0.5, 0.6) is 0 Å². The minimum Gasteiger partial charge on any atom is -0.464 e. The van der Waals surface area contributed by atoms with Crippen molar-refractivity contribution in [1.29, 1.82) is 0 Å². The number of hydrogen-bond acceptors (Lipinski definition) is 4. The molecule has 232 valence electrons. The quantitative estimate of drug-likeness (QED) is 0.286. The summed E-state index contributed by atoms with van der Waals surface area (Å²) in [6.07, 6.45) is 14.8. The van der Waals surface area contributed by atoms with E-state index in [1.54, 1.807) is 19.3 Å². The number of fused-ring (bicyclic) bond motifs is 7. The highest BCUT2D eigenvalue weighted by Gasteiger charge is 2.71. The molecule has 0 bridgehead atoms. The van der Waals surface area contributed by atoms with Gasteiger partial charge in [-0.15, -0.1) is 0 Å². The van der Waals surface area contributed by atoms with Gasteiger partial charge in [0.15, 0.2) is 0 Å². The van der Waals surface area contributed by atoms with Gasteiger partial charge in [0.05, 0.1) is 0 Å². The fraction of sp³-hybridized carbons (Fsp3) is 0.806. The maximum Gasteiger partial charge on any atom is 0.416 e. The lowest BCUT2D eigenvalue weighted by Gasteiger charge is -2.73. The first-order valence-electron chi connectivity index (χ1n) is 16.7. The second kappa shape index (κ2) is 9.69. The van der Waals surface area contributed by atoms with E-state index in [1.165, 1.54) is 42.2 Å². The highest BCUT2D eigenvalue weighted by molar-refractivity contribution is 5.68. The molecule has 5 saturated carbocycles. The molecule has 42 heavy (non-hydrogen) atoms. The Morgan fingerprint density at radius 1 is 0.952 bits per heavy atom. The number of carbonyl (C=O) groups is 2. The van der Waals surface area contributed by atoms with Crippen molar-refractivity contribution in [3.8, 4) is 0 Å². The van der Waals surface area contributed by atoms with Crippen LogP contribution in [-0.2, 0) is 16.0 Å². The number of ether oxygens (including phenoxy) is 1. The molecular weight excluding hydrogens is 524 g/mol. The topological polar surface area (TPSA) is 81.4 Å². The number of imidazole rings is 1. The Kier molecular flexibility index (Phi) is 6.91. The van der Waals surface area contributed by atoms with Gasteiger partial charge in [0.25, 0.3) is 0 Å². The minimum atomic E-state index is -0.935. The predicted octanol–water partition coefficient (Wildman–Crippen LogP) is 8.54. The lowest BCUT2D eigenvalue weighted by atomic mass is 9.32. The van der Waals surface area contributed by atoms with Crippen molar-refractivity contribution in [3.05, 3.63) is 30.4 Å². The van der Waals surface area contributed by atoms with E-state index in [0.29, 0.717) is 35.4 Å². The van der Waals surface area contributed by atoms with Crippen LogP contribution in [0.15, 0.2) is 24.5 Å². The number of allylic oxidation sites excluding steroid dienone is 1.